The van der Waals surface area contributed by atoms with Crippen LogP contribution in [0.15, 0.2) is 48.5 Å². The van der Waals surface area contributed by atoms with Crippen LogP contribution in [0.1, 0.15) is 44.6 Å². The highest BCUT2D eigenvalue weighted by Crippen LogP contribution is 2.38. The standard InChI is InChI=1S/C21H22O2/c1-16(22)21(14-5-4-13-20(21)23)15-7-11-18-10-6-9-17-8-2-3-12-19(17)18/h2-3,6-12H,4-5,13-15H2,1H3/b11-7+/t21-/m1/s1. The Kier molecular flexibility index (Phi) is 4.42. The second-order valence-electron chi connectivity index (χ2n) is 6.44. The quantitative estimate of drug-likeness (QED) is 0.748. The van der Waals surface area contributed by atoms with E-state index in [2.05, 4.69) is 30.3 Å². The van der Waals surface area contributed by atoms with Gasteiger partial charge in [-0.25, -0.2) is 0 Å². The first-order chi connectivity index (χ1) is 11.1. The van der Waals surface area contributed by atoms with Gasteiger partial charge in [0.2, 0.25) is 0 Å². The van der Waals surface area contributed by atoms with E-state index in [1.807, 2.05) is 24.3 Å². The molecule has 1 aliphatic rings. The molecule has 0 aromatic heterocycles. The maximum atomic E-state index is 12.4. The van der Waals surface area contributed by atoms with Gasteiger partial charge in [-0.1, -0.05) is 61.0 Å². The van der Waals surface area contributed by atoms with E-state index in [0.29, 0.717) is 19.3 Å². The molecule has 0 bridgehead atoms. The monoisotopic (exact) mass is 306 g/mol. The molecular formula is C21H22O2. The topological polar surface area (TPSA) is 34.1 Å². The number of hydrogen-bond acceptors (Lipinski definition) is 2. The van der Waals surface area contributed by atoms with Gasteiger partial charge in [0.15, 0.2) is 0 Å². The smallest absolute Gasteiger partial charge is 0.146 e. The van der Waals surface area contributed by atoms with E-state index in [4.69, 9.17) is 0 Å². The number of hydrogen-bond donors (Lipinski definition) is 0. The summed E-state index contributed by atoms with van der Waals surface area (Å²) >= 11 is 0. The summed E-state index contributed by atoms with van der Waals surface area (Å²) in [6.07, 6.45) is 7.70. The van der Waals surface area contributed by atoms with Crippen LogP contribution in [0.2, 0.25) is 0 Å². The number of carbonyl (C=O) groups is 2. The molecule has 2 nitrogen and oxygen atoms in total. The summed E-state index contributed by atoms with van der Waals surface area (Å²) in [4.78, 5) is 24.5. The Hall–Kier alpha value is -2.22. The number of carbonyl (C=O) groups excluding carboxylic acids is 2. The molecule has 0 amide bonds. The summed E-state index contributed by atoms with van der Waals surface area (Å²) in [5.74, 6) is 0.142. The average molecular weight is 306 g/mol. The van der Waals surface area contributed by atoms with Crippen molar-refractivity contribution in [3.8, 4) is 0 Å². The van der Waals surface area contributed by atoms with Crippen molar-refractivity contribution in [2.45, 2.75) is 39.0 Å². The third kappa shape index (κ3) is 2.98. The molecule has 0 unspecified atom stereocenters. The van der Waals surface area contributed by atoms with Crippen LogP contribution in [0.25, 0.3) is 16.8 Å². The molecule has 3 rings (SSSR count). The third-order valence-corrected chi connectivity index (χ3v) is 5.05. The molecule has 118 valence electrons. The maximum absolute atomic E-state index is 12.4. The van der Waals surface area contributed by atoms with Crippen LogP contribution in [-0.4, -0.2) is 11.6 Å². The predicted octanol–water partition coefficient (Wildman–Crippen LogP) is 4.96. The van der Waals surface area contributed by atoms with Crippen molar-refractivity contribution in [2.24, 2.45) is 5.41 Å². The van der Waals surface area contributed by atoms with Gasteiger partial charge < -0.3 is 0 Å². The number of Topliss-reactive ketones (excluding diaryl/α,β-unsaturated/α-hetero) is 2. The van der Waals surface area contributed by atoms with Crippen molar-refractivity contribution >= 4 is 28.4 Å². The highest BCUT2D eigenvalue weighted by Gasteiger charge is 2.42. The Morgan fingerprint density at radius 2 is 1.91 bits per heavy atom. The fourth-order valence-corrected chi connectivity index (χ4v) is 3.61. The maximum Gasteiger partial charge on any atom is 0.146 e. The molecule has 0 saturated heterocycles. The molecule has 1 fully saturated rings. The molecule has 0 radical (unpaired) electrons. The van der Waals surface area contributed by atoms with Crippen molar-refractivity contribution in [3.05, 3.63) is 54.1 Å². The number of ketones is 2. The van der Waals surface area contributed by atoms with E-state index in [1.165, 1.54) is 10.8 Å². The van der Waals surface area contributed by atoms with Crippen LogP contribution in [0.4, 0.5) is 0 Å². The molecule has 1 saturated carbocycles. The van der Waals surface area contributed by atoms with E-state index in [9.17, 15) is 9.59 Å². The highest BCUT2D eigenvalue weighted by atomic mass is 16.2. The Morgan fingerprint density at radius 3 is 2.70 bits per heavy atom. The third-order valence-electron chi connectivity index (χ3n) is 5.05. The molecule has 0 heterocycles. The lowest BCUT2D eigenvalue weighted by Gasteiger charge is -2.32. The molecule has 2 aromatic rings. The van der Waals surface area contributed by atoms with E-state index in [1.54, 1.807) is 6.92 Å². The first kappa shape index (κ1) is 15.7. The molecule has 0 spiro atoms. The Balaban J connectivity index is 1.87. The van der Waals surface area contributed by atoms with E-state index < -0.39 is 5.41 Å². The lowest BCUT2D eigenvalue weighted by molar-refractivity contribution is -0.141. The van der Waals surface area contributed by atoms with Crippen LogP contribution >= 0.6 is 0 Å². The Bertz CT molecular complexity index is 767. The molecule has 1 atom stereocenters. The highest BCUT2D eigenvalue weighted by molar-refractivity contribution is 6.06. The molecule has 0 aliphatic heterocycles. The van der Waals surface area contributed by atoms with E-state index >= 15 is 0 Å². The Labute approximate surface area is 137 Å². The van der Waals surface area contributed by atoms with Crippen molar-refractivity contribution in [3.63, 3.8) is 0 Å². The summed E-state index contributed by atoms with van der Waals surface area (Å²) in [6, 6.07) is 14.4. The van der Waals surface area contributed by atoms with Crippen LogP contribution in [0.3, 0.4) is 0 Å². The summed E-state index contributed by atoms with van der Waals surface area (Å²) < 4.78 is 0. The van der Waals surface area contributed by atoms with Gasteiger partial charge in [-0.15, -0.1) is 0 Å². The molecule has 2 heteroatoms. The van der Waals surface area contributed by atoms with E-state index in [0.717, 1.165) is 18.4 Å². The van der Waals surface area contributed by atoms with Crippen molar-refractivity contribution in [2.75, 3.05) is 0 Å². The van der Waals surface area contributed by atoms with Crippen LogP contribution in [-0.2, 0) is 9.59 Å². The van der Waals surface area contributed by atoms with Gasteiger partial charge in [0.25, 0.3) is 0 Å². The lowest BCUT2D eigenvalue weighted by Crippen LogP contribution is -2.40. The van der Waals surface area contributed by atoms with Gasteiger partial charge >= 0.3 is 0 Å². The largest absolute Gasteiger partial charge is 0.299 e. The average Bonchev–Trinajstić information content (AvgIpc) is 2.56. The second kappa shape index (κ2) is 6.49. The summed E-state index contributed by atoms with van der Waals surface area (Å²) in [5, 5.41) is 2.39. The predicted molar refractivity (Wildman–Crippen MR) is 94.2 cm³/mol. The zero-order valence-corrected chi connectivity index (χ0v) is 13.5. The minimum Gasteiger partial charge on any atom is -0.299 e. The van der Waals surface area contributed by atoms with Crippen LogP contribution in [0.5, 0.6) is 0 Å². The van der Waals surface area contributed by atoms with Gasteiger partial charge in [0.1, 0.15) is 11.6 Å². The SMILES string of the molecule is CC(=O)[C@]1(C/C=C/c2cccc3ccccc23)CCCCC1=O. The summed E-state index contributed by atoms with van der Waals surface area (Å²) in [6.45, 7) is 1.56. The summed E-state index contributed by atoms with van der Waals surface area (Å²) in [7, 11) is 0. The van der Waals surface area contributed by atoms with E-state index in [-0.39, 0.29) is 11.6 Å². The fourth-order valence-electron chi connectivity index (χ4n) is 3.61. The van der Waals surface area contributed by atoms with Gasteiger partial charge in [0.05, 0.1) is 5.41 Å². The first-order valence-corrected chi connectivity index (χ1v) is 8.32. The minimum atomic E-state index is -0.778. The zero-order valence-electron chi connectivity index (χ0n) is 13.5. The normalized spacial score (nSPS) is 21.9. The van der Waals surface area contributed by atoms with Crippen molar-refractivity contribution in [1.82, 2.24) is 0 Å². The van der Waals surface area contributed by atoms with Crippen LogP contribution in [0, 0.1) is 5.41 Å². The minimum absolute atomic E-state index is 0.0183. The molecule has 1 aliphatic carbocycles. The molecule has 0 N–H and O–H groups in total. The number of benzene rings is 2. The van der Waals surface area contributed by atoms with Gasteiger partial charge in [-0.05, 0) is 42.5 Å². The van der Waals surface area contributed by atoms with Crippen molar-refractivity contribution in [1.29, 1.82) is 0 Å². The fraction of sp³-hybridized carbons (Fsp3) is 0.333. The number of fused-ring (bicyclic) bond motifs is 1. The number of rotatable bonds is 4. The summed E-state index contributed by atoms with van der Waals surface area (Å²) in [5.41, 5.74) is 0.351. The lowest BCUT2D eigenvalue weighted by atomic mass is 9.68. The first-order valence-electron chi connectivity index (χ1n) is 8.32. The Morgan fingerprint density at radius 1 is 1.13 bits per heavy atom. The molecule has 23 heavy (non-hydrogen) atoms. The van der Waals surface area contributed by atoms with Crippen molar-refractivity contribution < 1.29 is 9.59 Å². The number of allylic oxidation sites excluding steroid dienone is 1. The second-order valence-corrected chi connectivity index (χ2v) is 6.44. The van der Waals surface area contributed by atoms with Crippen LogP contribution < -0.4 is 0 Å². The van der Waals surface area contributed by atoms with Gasteiger partial charge in [0, 0.05) is 6.42 Å². The molecular weight excluding hydrogens is 284 g/mol. The van der Waals surface area contributed by atoms with Gasteiger partial charge in [-0.3, -0.25) is 9.59 Å². The zero-order chi connectivity index (χ0) is 16.3. The molecule has 2 aromatic carbocycles. The van der Waals surface area contributed by atoms with Gasteiger partial charge in [-0.2, -0.15) is 0 Å².